The van der Waals surface area contributed by atoms with Gasteiger partial charge in [0.25, 0.3) is 0 Å². The molecule has 4 atom stereocenters. The highest BCUT2D eigenvalue weighted by atomic mass is 16.6. The molecule has 1 rings (SSSR count). The fourth-order valence-electron chi connectivity index (χ4n) is 3.93. The van der Waals surface area contributed by atoms with Gasteiger partial charge in [-0.05, 0) is 76.5 Å². The monoisotopic (exact) mass is 525 g/mol. The van der Waals surface area contributed by atoms with Crippen molar-refractivity contribution < 1.29 is 38.7 Å². The van der Waals surface area contributed by atoms with E-state index in [0.29, 0.717) is 44.2 Å². The summed E-state index contributed by atoms with van der Waals surface area (Å²) in [6, 6.07) is 5.11. The average molecular weight is 526 g/mol. The summed E-state index contributed by atoms with van der Waals surface area (Å²) < 4.78 is 22.1. The van der Waals surface area contributed by atoms with Crippen molar-refractivity contribution in [3.8, 4) is 11.5 Å². The number of rotatable bonds is 16. The second-order valence-electron chi connectivity index (χ2n) is 10.8. The number of aliphatic hydroxyl groups is 1. The molecule has 1 amide bonds. The standard InChI is InChI=1S/C28H47NO8/c1-9-35-12-13-36-25-16-20(10-11-24(25)34-8)15-21(18(2)3)17-22(23(30)14-19(4)26(31)32)29-27(33)37-28(5,6)7/h10-11,16,18-19,21-23,30H,9,12-15,17H2,1-8H3,(H,29,33)(H,31,32)/t19-,21+,22+,23+/m1/s1. The molecule has 0 heterocycles. The van der Waals surface area contributed by atoms with Gasteiger partial charge in [0.2, 0.25) is 0 Å². The van der Waals surface area contributed by atoms with Gasteiger partial charge in [-0.2, -0.15) is 0 Å². The molecule has 0 spiro atoms. The van der Waals surface area contributed by atoms with Crippen LogP contribution in [0.2, 0.25) is 0 Å². The average Bonchev–Trinajstić information content (AvgIpc) is 2.79. The second-order valence-corrected chi connectivity index (χ2v) is 10.8. The number of benzene rings is 1. The molecule has 37 heavy (non-hydrogen) atoms. The number of carboxylic acids is 1. The highest BCUT2D eigenvalue weighted by molar-refractivity contribution is 5.70. The van der Waals surface area contributed by atoms with Crippen molar-refractivity contribution in [3.05, 3.63) is 23.8 Å². The SMILES string of the molecule is CCOCCOc1cc(C[C@@H](C[C@H](NC(=O)OC(C)(C)C)[C@@H](O)C[C@@H](C)C(=O)O)C(C)C)ccc1OC. The van der Waals surface area contributed by atoms with Crippen LogP contribution in [-0.2, 0) is 20.7 Å². The van der Waals surface area contributed by atoms with Gasteiger partial charge in [-0.25, -0.2) is 4.79 Å². The summed E-state index contributed by atoms with van der Waals surface area (Å²) in [4.78, 5) is 23.9. The smallest absolute Gasteiger partial charge is 0.407 e. The van der Waals surface area contributed by atoms with Crippen LogP contribution in [0.1, 0.15) is 66.9 Å². The Hall–Kier alpha value is -2.52. The predicted octanol–water partition coefficient (Wildman–Crippen LogP) is 4.68. The van der Waals surface area contributed by atoms with Gasteiger partial charge in [-0.3, -0.25) is 4.79 Å². The van der Waals surface area contributed by atoms with Gasteiger partial charge in [0.1, 0.15) is 12.2 Å². The van der Waals surface area contributed by atoms with Crippen molar-refractivity contribution in [3.63, 3.8) is 0 Å². The van der Waals surface area contributed by atoms with Crippen molar-refractivity contribution in [2.24, 2.45) is 17.8 Å². The Labute approximate surface area is 221 Å². The van der Waals surface area contributed by atoms with Gasteiger partial charge in [0.05, 0.1) is 31.8 Å². The Morgan fingerprint density at radius 3 is 2.27 bits per heavy atom. The first-order valence-electron chi connectivity index (χ1n) is 13.0. The van der Waals surface area contributed by atoms with Gasteiger partial charge < -0.3 is 34.5 Å². The second kappa shape index (κ2) is 15.7. The molecule has 1 aromatic carbocycles. The molecule has 0 saturated carbocycles. The van der Waals surface area contributed by atoms with Crippen LogP contribution in [-0.4, -0.2) is 67.0 Å². The van der Waals surface area contributed by atoms with E-state index in [0.717, 1.165) is 5.56 Å². The molecular formula is C28H47NO8. The molecular weight excluding hydrogens is 478 g/mol. The largest absolute Gasteiger partial charge is 0.493 e. The molecule has 3 N–H and O–H groups in total. The molecule has 0 aliphatic heterocycles. The fourth-order valence-corrected chi connectivity index (χ4v) is 3.93. The van der Waals surface area contributed by atoms with Crippen molar-refractivity contribution in [1.29, 1.82) is 0 Å². The van der Waals surface area contributed by atoms with Crippen LogP contribution < -0.4 is 14.8 Å². The van der Waals surface area contributed by atoms with Gasteiger partial charge in [0.15, 0.2) is 11.5 Å². The van der Waals surface area contributed by atoms with Crippen LogP contribution in [0.4, 0.5) is 4.79 Å². The number of carboxylic acid groups (broad SMARTS) is 1. The van der Waals surface area contributed by atoms with Gasteiger partial charge in [0, 0.05) is 6.61 Å². The lowest BCUT2D eigenvalue weighted by atomic mass is 9.82. The van der Waals surface area contributed by atoms with Gasteiger partial charge in [-0.15, -0.1) is 0 Å². The fraction of sp³-hybridized carbons (Fsp3) is 0.714. The maximum atomic E-state index is 12.6. The summed E-state index contributed by atoms with van der Waals surface area (Å²) >= 11 is 0. The van der Waals surface area contributed by atoms with E-state index >= 15 is 0 Å². The third kappa shape index (κ3) is 12.5. The van der Waals surface area contributed by atoms with Crippen LogP contribution in [0.25, 0.3) is 0 Å². The minimum absolute atomic E-state index is 0.0148. The summed E-state index contributed by atoms with van der Waals surface area (Å²) in [7, 11) is 1.59. The minimum Gasteiger partial charge on any atom is -0.493 e. The zero-order valence-electron chi connectivity index (χ0n) is 23.7. The third-order valence-electron chi connectivity index (χ3n) is 6.10. The van der Waals surface area contributed by atoms with Crippen LogP contribution in [0.15, 0.2) is 18.2 Å². The first kappa shape index (κ1) is 32.5. The molecule has 212 valence electrons. The van der Waals surface area contributed by atoms with Crippen LogP contribution >= 0.6 is 0 Å². The Morgan fingerprint density at radius 2 is 1.73 bits per heavy atom. The van der Waals surface area contributed by atoms with E-state index in [-0.39, 0.29) is 18.3 Å². The zero-order valence-corrected chi connectivity index (χ0v) is 23.7. The Morgan fingerprint density at radius 1 is 1.05 bits per heavy atom. The van der Waals surface area contributed by atoms with E-state index in [9.17, 15) is 19.8 Å². The van der Waals surface area contributed by atoms with E-state index in [2.05, 4.69) is 19.2 Å². The number of nitrogens with one attached hydrogen (secondary N) is 1. The first-order chi connectivity index (χ1) is 17.3. The lowest BCUT2D eigenvalue weighted by molar-refractivity contribution is -0.142. The maximum Gasteiger partial charge on any atom is 0.407 e. The molecule has 0 aliphatic carbocycles. The summed E-state index contributed by atoms with van der Waals surface area (Å²) in [6.45, 7) is 14.4. The first-order valence-corrected chi connectivity index (χ1v) is 13.0. The van der Waals surface area contributed by atoms with Crippen molar-refractivity contribution in [1.82, 2.24) is 5.32 Å². The van der Waals surface area contributed by atoms with Crippen molar-refractivity contribution >= 4 is 12.1 Å². The number of aliphatic hydroxyl groups excluding tert-OH is 1. The topological polar surface area (TPSA) is 124 Å². The molecule has 1 aromatic rings. The Bertz CT molecular complexity index is 836. The molecule has 0 bridgehead atoms. The summed E-state index contributed by atoms with van der Waals surface area (Å²) in [5, 5.41) is 23.1. The number of carbonyl (C=O) groups is 2. The molecule has 9 heteroatoms. The molecule has 0 fully saturated rings. The normalized spacial score (nSPS) is 15.0. The number of amides is 1. The van der Waals surface area contributed by atoms with Crippen LogP contribution in [0.5, 0.6) is 11.5 Å². The number of aliphatic carboxylic acids is 1. The summed E-state index contributed by atoms with van der Waals surface area (Å²) in [5.41, 5.74) is 0.322. The number of carbonyl (C=O) groups excluding carboxylic acids is 1. The van der Waals surface area contributed by atoms with E-state index < -0.39 is 35.7 Å². The summed E-state index contributed by atoms with van der Waals surface area (Å²) in [5.74, 6) is -0.209. The lowest BCUT2D eigenvalue weighted by Gasteiger charge is -2.32. The number of alkyl carbamates (subject to hydrolysis) is 1. The van der Waals surface area contributed by atoms with Gasteiger partial charge >= 0.3 is 12.1 Å². The van der Waals surface area contributed by atoms with Crippen LogP contribution in [0.3, 0.4) is 0 Å². The van der Waals surface area contributed by atoms with E-state index in [1.54, 1.807) is 34.8 Å². The third-order valence-corrected chi connectivity index (χ3v) is 6.10. The lowest BCUT2D eigenvalue weighted by Crippen LogP contribution is -2.47. The van der Waals surface area contributed by atoms with Crippen molar-refractivity contribution in [2.45, 2.75) is 85.5 Å². The highest BCUT2D eigenvalue weighted by Gasteiger charge is 2.31. The highest BCUT2D eigenvalue weighted by Crippen LogP contribution is 2.31. The zero-order chi connectivity index (χ0) is 28.2. The Balaban J connectivity index is 3.10. The summed E-state index contributed by atoms with van der Waals surface area (Å²) in [6.07, 6.45) is -0.570. The predicted molar refractivity (Wildman–Crippen MR) is 142 cm³/mol. The molecule has 0 aliphatic rings. The van der Waals surface area contributed by atoms with E-state index in [1.165, 1.54) is 0 Å². The molecule has 0 saturated heterocycles. The van der Waals surface area contributed by atoms with Crippen LogP contribution in [0, 0.1) is 17.8 Å². The number of methoxy groups -OCH3 is 1. The van der Waals surface area contributed by atoms with E-state index in [4.69, 9.17) is 18.9 Å². The quantitative estimate of drug-likeness (QED) is 0.266. The number of hydrogen-bond acceptors (Lipinski definition) is 7. The number of ether oxygens (including phenoxy) is 4. The Kier molecular flexibility index (Phi) is 13.8. The van der Waals surface area contributed by atoms with Crippen molar-refractivity contribution in [2.75, 3.05) is 26.9 Å². The van der Waals surface area contributed by atoms with Gasteiger partial charge in [-0.1, -0.05) is 26.8 Å². The van der Waals surface area contributed by atoms with E-state index in [1.807, 2.05) is 25.1 Å². The maximum absolute atomic E-state index is 12.6. The molecule has 9 nitrogen and oxygen atoms in total. The molecule has 0 aromatic heterocycles. The minimum atomic E-state index is -1.05. The number of hydrogen-bond donors (Lipinski definition) is 3. The molecule has 0 unspecified atom stereocenters. The molecule has 0 radical (unpaired) electrons.